The monoisotopic (exact) mass is 276 g/mol. The highest BCUT2D eigenvalue weighted by Crippen LogP contribution is 2.20. The summed E-state index contributed by atoms with van der Waals surface area (Å²) in [7, 11) is 0. The summed E-state index contributed by atoms with van der Waals surface area (Å²) in [5.41, 5.74) is 2.80. The van der Waals surface area contributed by atoms with E-state index in [-0.39, 0.29) is 6.04 Å². The summed E-state index contributed by atoms with van der Waals surface area (Å²) in [5, 5.41) is 11.7. The lowest BCUT2D eigenvalue weighted by molar-refractivity contribution is 0.164. The molecule has 1 amide bonds. The molecule has 0 spiro atoms. The number of fused-ring (bicyclic) bond motifs is 1. The van der Waals surface area contributed by atoms with Crippen LogP contribution in [-0.4, -0.2) is 35.2 Å². The first-order chi connectivity index (χ1) is 9.60. The average molecular weight is 276 g/mol. The van der Waals surface area contributed by atoms with Crippen LogP contribution in [0.1, 0.15) is 31.4 Å². The van der Waals surface area contributed by atoms with Crippen LogP contribution < -0.4 is 5.32 Å². The lowest BCUT2D eigenvalue weighted by Gasteiger charge is -2.33. The molecule has 20 heavy (non-hydrogen) atoms. The first kappa shape index (κ1) is 14.9. The third-order valence-corrected chi connectivity index (χ3v) is 4.30. The highest BCUT2D eigenvalue weighted by molar-refractivity contribution is 5.64. The lowest BCUT2D eigenvalue weighted by atomic mass is 9.96. The molecule has 2 rings (SSSR count). The van der Waals surface area contributed by atoms with Gasteiger partial charge in [0.1, 0.15) is 0 Å². The highest BCUT2D eigenvalue weighted by Gasteiger charge is 2.23. The van der Waals surface area contributed by atoms with Crippen LogP contribution in [0.15, 0.2) is 24.3 Å². The Balaban J connectivity index is 2.00. The van der Waals surface area contributed by atoms with Gasteiger partial charge in [0.05, 0.1) is 0 Å². The fraction of sp³-hybridized carbons (Fsp3) is 0.562. The molecule has 0 aromatic heterocycles. The Morgan fingerprint density at radius 2 is 2.10 bits per heavy atom. The largest absolute Gasteiger partial charge is 0.465 e. The Morgan fingerprint density at radius 1 is 1.40 bits per heavy atom. The zero-order chi connectivity index (χ0) is 14.5. The first-order valence-electron chi connectivity index (χ1n) is 7.38. The number of hydrogen-bond acceptors (Lipinski definition) is 2. The van der Waals surface area contributed by atoms with Crippen LogP contribution in [0.3, 0.4) is 0 Å². The van der Waals surface area contributed by atoms with Gasteiger partial charge in [-0.1, -0.05) is 44.5 Å². The summed E-state index contributed by atoms with van der Waals surface area (Å²) < 4.78 is 0. The Morgan fingerprint density at radius 3 is 2.75 bits per heavy atom. The maximum Gasteiger partial charge on any atom is 0.404 e. The van der Waals surface area contributed by atoms with Crippen molar-refractivity contribution in [3.63, 3.8) is 0 Å². The Bertz CT molecular complexity index is 462. The zero-order valence-corrected chi connectivity index (χ0v) is 12.3. The Kier molecular flexibility index (Phi) is 5.01. The maximum absolute atomic E-state index is 10.9. The minimum atomic E-state index is -0.923. The van der Waals surface area contributed by atoms with Crippen molar-refractivity contribution in [3.8, 4) is 0 Å². The van der Waals surface area contributed by atoms with Gasteiger partial charge in [-0.05, 0) is 23.5 Å². The van der Waals surface area contributed by atoms with E-state index in [1.165, 1.54) is 11.1 Å². The first-order valence-corrected chi connectivity index (χ1v) is 7.38. The van der Waals surface area contributed by atoms with E-state index < -0.39 is 6.09 Å². The number of amides is 1. The minimum absolute atomic E-state index is 0.00256. The molecular weight excluding hydrogens is 252 g/mol. The summed E-state index contributed by atoms with van der Waals surface area (Å²) in [6.45, 7) is 6.93. The van der Waals surface area contributed by atoms with Crippen molar-refractivity contribution in [3.05, 3.63) is 35.4 Å². The maximum atomic E-state index is 10.9. The number of carboxylic acid groups (broad SMARTS) is 1. The average Bonchev–Trinajstić information content (AvgIpc) is 2.45. The van der Waals surface area contributed by atoms with Crippen LogP contribution in [0.5, 0.6) is 0 Å². The van der Waals surface area contributed by atoms with Crippen LogP contribution in [0.2, 0.25) is 0 Å². The van der Waals surface area contributed by atoms with Crippen LogP contribution in [0.4, 0.5) is 4.79 Å². The zero-order valence-electron chi connectivity index (χ0n) is 12.3. The van der Waals surface area contributed by atoms with Crippen molar-refractivity contribution in [2.24, 2.45) is 5.92 Å². The van der Waals surface area contributed by atoms with Crippen molar-refractivity contribution in [2.45, 2.75) is 39.3 Å². The summed E-state index contributed by atoms with van der Waals surface area (Å²) in [6, 6.07) is 8.52. The molecule has 4 nitrogen and oxygen atoms in total. The van der Waals surface area contributed by atoms with Gasteiger partial charge in [-0.15, -0.1) is 0 Å². The number of nitrogens with zero attached hydrogens (tertiary/aromatic N) is 1. The van der Waals surface area contributed by atoms with E-state index in [9.17, 15) is 4.79 Å². The fourth-order valence-corrected chi connectivity index (χ4v) is 2.80. The topological polar surface area (TPSA) is 52.6 Å². The number of rotatable bonds is 5. The van der Waals surface area contributed by atoms with Gasteiger partial charge in [0, 0.05) is 25.7 Å². The predicted molar refractivity (Wildman–Crippen MR) is 79.8 cm³/mol. The molecule has 1 aliphatic heterocycles. The van der Waals surface area contributed by atoms with E-state index in [2.05, 4.69) is 48.3 Å². The molecule has 4 heteroatoms. The summed E-state index contributed by atoms with van der Waals surface area (Å²) in [6.07, 6.45) is 1.11. The molecular formula is C16H24N2O2. The molecule has 0 radical (unpaired) electrons. The molecule has 110 valence electrons. The molecule has 0 bridgehead atoms. The van der Waals surface area contributed by atoms with Crippen LogP contribution >= 0.6 is 0 Å². The Hall–Kier alpha value is -1.55. The van der Waals surface area contributed by atoms with Crippen molar-refractivity contribution >= 4 is 6.09 Å². The quantitative estimate of drug-likeness (QED) is 0.869. The van der Waals surface area contributed by atoms with Gasteiger partial charge in [-0.2, -0.15) is 0 Å². The molecule has 0 saturated heterocycles. The number of hydrogen-bond donors (Lipinski definition) is 2. The van der Waals surface area contributed by atoms with E-state index in [0.717, 1.165) is 32.5 Å². The van der Waals surface area contributed by atoms with Gasteiger partial charge in [0.15, 0.2) is 0 Å². The molecule has 0 saturated carbocycles. The minimum Gasteiger partial charge on any atom is -0.465 e. The van der Waals surface area contributed by atoms with Crippen molar-refractivity contribution in [2.75, 3.05) is 13.1 Å². The number of nitrogens with one attached hydrogen (secondary N) is 1. The van der Waals surface area contributed by atoms with Crippen LogP contribution in [0, 0.1) is 5.92 Å². The van der Waals surface area contributed by atoms with Crippen molar-refractivity contribution in [1.82, 2.24) is 10.2 Å². The molecule has 2 N–H and O–H groups in total. The second-order valence-electron chi connectivity index (χ2n) is 5.70. The summed E-state index contributed by atoms with van der Waals surface area (Å²) in [4.78, 5) is 13.3. The SMILES string of the molecule is CCC(C)C(CN1CCc2ccccc2C1)NC(=O)O. The number of benzene rings is 1. The normalized spacial score (nSPS) is 18.1. The lowest BCUT2D eigenvalue weighted by Crippen LogP contribution is -2.47. The van der Waals surface area contributed by atoms with E-state index in [0.29, 0.717) is 5.92 Å². The highest BCUT2D eigenvalue weighted by atomic mass is 16.4. The van der Waals surface area contributed by atoms with Gasteiger partial charge >= 0.3 is 6.09 Å². The van der Waals surface area contributed by atoms with Crippen LogP contribution in [0.25, 0.3) is 0 Å². The third-order valence-electron chi connectivity index (χ3n) is 4.30. The van der Waals surface area contributed by atoms with Gasteiger partial charge < -0.3 is 10.4 Å². The van der Waals surface area contributed by atoms with E-state index in [1.807, 2.05) is 0 Å². The van der Waals surface area contributed by atoms with E-state index >= 15 is 0 Å². The molecule has 2 atom stereocenters. The second kappa shape index (κ2) is 6.75. The molecule has 1 heterocycles. The standard InChI is InChI=1S/C16H24N2O2/c1-3-12(2)15(17-16(19)20)11-18-9-8-13-6-4-5-7-14(13)10-18/h4-7,12,15,17H,3,8-11H2,1-2H3,(H,19,20). The predicted octanol–water partition coefficient (Wildman–Crippen LogP) is 2.73. The summed E-state index contributed by atoms with van der Waals surface area (Å²) in [5.74, 6) is 0.350. The molecule has 1 aromatic rings. The van der Waals surface area contributed by atoms with Crippen molar-refractivity contribution in [1.29, 1.82) is 0 Å². The number of carbonyl (C=O) groups is 1. The second-order valence-corrected chi connectivity index (χ2v) is 5.70. The molecule has 0 fully saturated rings. The molecule has 0 aliphatic carbocycles. The van der Waals surface area contributed by atoms with E-state index in [1.54, 1.807) is 0 Å². The van der Waals surface area contributed by atoms with Crippen LogP contribution in [-0.2, 0) is 13.0 Å². The van der Waals surface area contributed by atoms with Gasteiger partial charge in [-0.25, -0.2) is 4.79 Å². The third kappa shape index (κ3) is 3.73. The van der Waals surface area contributed by atoms with Crippen molar-refractivity contribution < 1.29 is 9.90 Å². The molecule has 1 aromatic carbocycles. The van der Waals surface area contributed by atoms with Gasteiger partial charge in [0.2, 0.25) is 0 Å². The molecule has 1 aliphatic rings. The van der Waals surface area contributed by atoms with Gasteiger partial charge in [0.25, 0.3) is 0 Å². The Labute approximate surface area is 120 Å². The van der Waals surface area contributed by atoms with E-state index in [4.69, 9.17) is 5.11 Å². The summed E-state index contributed by atoms with van der Waals surface area (Å²) >= 11 is 0. The fourth-order valence-electron chi connectivity index (χ4n) is 2.80. The smallest absolute Gasteiger partial charge is 0.404 e. The molecule has 2 unspecified atom stereocenters. The van der Waals surface area contributed by atoms with Gasteiger partial charge in [-0.3, -0.25) is 4.90 Å².